The highest BCUT2D eigenvalue weighted by molar-refractivity contribution is 6.02. The van der Waals surface area contributed by atoms with Crippen molar-refractivity contribution in [1.29, 1.82) is 0 Å². The van der Waals surface area contributed by atoms with Gasteiger partial charge in [0, 0.05) is 43.7 Å². The van der Waals surface area contributed by atoms with Gasteiger partial charge in [-0.1, -0.05) is 0 Å². The SMILES string of the molecule is COC(=O)C1C2CN(C)C(C)CN2c2c(c(=O)n(C)c3c(F)c(C)c(F)cc23)N1CCCN(C)C. The fourth-order valence-electron chi connectivity index (χ4n) is 5.47. The van der Waals surface area contributed by atoms with Crippen LogP contribution in [0.2, 0.25) is 0 Å². The first-order valence-electron chi connectivity index (χ1n) is 12.0. The first-order chi connectivity index (χ1) is 16.5. The van der Waals surface area contributed by atoms with Crippen molar-refractivity contribution < 1.29 is 18.3 Å². The van der Waals surface area contributed by atoms with Gasteiger partial charge in [-0.3, -0.25) is 9.69 Å². The maximum Gasteiger partial charge on any atom is 0.330 e. The number of benzene rings is 1. The maximum absolute atomic E-state index is 15.4. The number of rotatable bonds is 5. The van der Waals surface area contributed by atoms with Gasteiger partial charge in [0.15, 0.2) is 5.82 Å². The summed E-state index contributed by atoms with van der Waals surface area (Å²) >= 11 is 0. The number of likely N-dealkylation sites (N-methyl/N-ethyl adjacent to an activating group) is 1. The van der Waals surface area contributed by atoms with E-state index < -0.39 is 29.2 Å². The summed E-state index contributed by atoms with van der Waals surface area (Å²) in [5, 5.41) is 0.338. The number of ether oxygens (including phenoxy) is 1. The van der Waals surface area contributed by atoms with Gasteiger partial charge in [0.05, 0.1) is 24.4 Å². The van der Waals surface area contributed by atoms with Crippen LogP contribution >= 0.6 is 0 Å². The zero-order chi connectivity index (χ0) is 25.8. The van der Waals surface area contributed by atoms with Crippen molar-refractivity contribution in [2.24, 2.45) is 7.05 Å². The quantitative estimate of drug-likeness (QED) is 0.593. The number of fused-ring (bicyclic) bond motifs is 5. The summed E-state index contributed by atoms with van der Waals surface area (Å²) in [5.74, 6) is -1.83. The van der Waals surface area contributed by atoms with E-state index >= 15 is 4.39 Å². The Morgan fingerprint density at radius 3 is 2.51 bits per heavy atom. The number of methoxy groups -OCH3 is 1. The summed E-state index contributed by atoms with van der Waals surface area (Å²) in [4.78, 5) is 35.0. The van der Waals surface area contributed by atoms with Crippen LogP contribution in [0.5, 0.6) is 0 Å². The molecule has 35 heavy (non-hydrogen) atoms. The van der Waals surface area contributed by atoms with E-state index in [2.05, 4.69) is 11.8 Å². The second-order valence-corrected chi connectivity index (χ2v) is 10.1. The summed E-state index contributed by atoms with van der Waals surface area (Å²) in [7, 11) is 8.76. The second-order valence-electron chi connectivity index (χ2n) is 10.1. The van der Waals surface area contributed by atoms with Crippen LogP contribution in [-0.2, 0) is 16.6 Å². The predicted octanol–water partition coefficient (Wildman–Crippen LogP) is 1.95. The van der Waals surface area contributed by atoms with E-state index in [0.717, 1.165) is 6.54 Å². The highest BCUT2D eigenvalue weighted by Gasteiger charge is 2.49. The summed E-state index contributed by atoms with van der Waals surface area (Å²) in [6.07, 6.45) is 0.691. The molecule has 10 heteroatoms. The minimum absolute atomic E-state index is 0.0720. The summed E-state index contributed by atoms with van der Waals surface area (Å²) < 4.78 is 36.7. The lowest BCUT2D eigenvalue weighted by Crippen LogP contribution is -2.69. The third kappa shape index (κ3) is 4.06. The van der Waals surface area contributed by atoms with Crippen LogP contribution in [0.25, 0.3) is 10.9 Å². The molecule has 1 saturated heterocycles. The smallest absolute Gasteiger partial charge is 0.330 e. The van der Waals surface area contributed by atoms with Crippen LogP contribution in [0.4, 0.5) is 20.2 Å². The molecule has 0 bridgehead atoms. The Morgan fingerprint density at radius 1 is 1.20 bits per heavy atom. The van der Waals surface area contributed by atoms with Gasteiger partial charge in [0.25, 0.3) is 5.56 Å². The molecule has 0 amide bonds. The van der Waals surface area contributed by atoms with Gasteiger partial charge in [0.2, 0.25) is 0 Å². The van der Waals surface area contributed by atoms with Gasteiger partial charge in [-0.15, -0.1) is 0 Å². The third-order valence-electron chi connectivity index (χ3n) is 7.55. The standard InChI is InChI=1S/C25H35F2N5O3/c1-14-12-32-18(13-29(14)5)22(25(34)35-7)31(10-8-9-28(3)4)23-21(32)16-11-17(26)15(2)19(27)20(16)30(6)24(23)33/h11,14,18,22H,8-10,12-13H2,1-7H3. The molecule has 2 aromatic rings. The topological polar surface area (TPSA) is 61.3 Å². The molecule has 1 fully saturated rings. The van der Waals surface area contributed by atoms with Gasteiger partial charge in [-0.25, -0.2) is 13.6 Å². The zero-order valence-electron chi connectivity index (χ0n) is 21.6. The van der Waals surface area contributed by atoms with Crippen molar-refractivity contribution >= 4 is 28.2 Å². The number of hydrogen-bond donors (Lipinski definition) is 0. The van der Waals surface area contributed by atoms with E-state index in [1.807, 2.05) is 35.8 Å². The third-order valence-corrected chi connectivity index (χ3v) is 7.55. The molecule has 0 radical (unpaired) electrons. The number of aromatic nitrogens is 1. The molecule has 2 aliphatic heterocycles. The Morgan fingerprint density at radius 2 is 1.89 bits per heavy atom. The summed E-state index contributed by atoms with van der Waals surface area (Å²) in [5.41, 5.74) is 0.325. The Kier molecular flexibility index (Phi) is 6.80. The predicted molar refractivity (Wildman–Crippen MR) is 133 cm³/mol. The van der Waals surface area contributed by atoms with Gasteiger partial charge in [-0.05, 0) is 54.0 Å². The average Bonchev–Trinajstić information content (AvgIpc) is 2.80. The van der Waals surface area contributed by atoms with E-state index in [0.29, 0.717) is 42.8 Å². The monoisotopic (exact) mass is 491 g/mol. The van der Waals surface area contributed by atoms with Crippen molar-refractivity contribution in [3.63, 3.8) is 0 Å². The normalized spacial score (nSPS) is 22.5. The largest absolute Gasteiger partial charge is 0.467 e. The molecule has 8 nitrogen and oxygen atoms in total. The molecule has 2 aliphatic rings. The zero-order valence-corrected chi connectivity index (χ0v) is 21.6. The van der Waals surface area contributed by atoms with E-state index in [4.69, 9.17) is 4.74 Å². The number of pyridine rings is 1. The van der Waals surface area contributed by atoms with Crippen LogP contribution in [0.15, 0.2) is 10.9 Å². The van der Waals surface area contributed by atoms with Crippen LogP contribution in [0.3, 0.4) is 0 Å². The van der Waals surface area contributed by atoms with Crippen molar-refractivity contribution in [3.05, 3.63) is 33.6 Å². The van der Waals surface area contributed by atoms with Gasteiger partial charge < -0.3 is 24.0 Å². The van der Waals surface area contributed by atoms with Crippen molar-refractivity contribution in [3.8, 4) is 0 Å². The molecular weight excluding hydrogens is 456 g/mol. The number of nitrogens with zero attached hydrogens (tertiary/aromatic N) is 5. The lowest BCUT2D eigenvalue weighted by atomic mass is 9.92. The lowest BCUT2D eigenvalue weighted by molar-refractivity contribution is -0.143. The number of esters is 1. The Labute approximate surface area is 204 Å². The number of piperazine rings is 1. The molecule has 0 saturated carbocycles. The minimum Gasteiger partial charge on any atom is -0.467 e. The highest BCUT2D eigenvalue weighted by atomic mass is 19.1. The molecule has 1 aromatic carbocycles. The van der Waals surface area contributed by atoms with Crippen LogP contribution in [-0.4, -0.2) is 92.9 Å². The molecular formula is C25H35F2N5O3. The number of hydrogen-bond acceptors (Lipinski definition) is 7. The average molecular weight is 492 g/mol. The maximum atomic E-state index is 15.4. The molecule has 0 aliphatic carbocycles. The number of aryl methyl sites for hydroxylation is 1. The second kappa shape index (κ2) is 9.39. The van der Waals surface area contributed by atoms with Gasteiger partial charge in [-0.2, -0.15) is 0 Å². The van der Waals surface area contributed by atoms with Gasteiger partial charge >= 0.3 is 5.97 Å². The van der Waals surface area contributed by atoms with E-state index in [9.17, 15) is 14.0 Å². The van der Waals surface area contributed by atoms with Crippen LogP contribution < -0.4 is 15.4 Å². The van der Waals surface area contributed by atoms with Gasteiger partial charge in [0.1, 0.15) is 17.5 Å². The fourth-order valence-corrected chi connectivity index (χ4v) is 5.47. The molecule has 3 unspecified atom stereocenters. The van der Waals surface area contributed by atoms with E-state index in [-0.39, 0.29) is 23.2 Å². The molecule has 0 N–H and O–H groups in total. The number of carbonyl (C=O) groups is 1. The molecule has 4 rings (SSSR count). The van der Waals surface area contributed by atoms with Crippen molar-refractivity contribution in [2.75, 3.05) is 64.2 Å². The first-order valence-corrected chi connectivity index (χ1v) is 12.0. The lowest BCUT2D eigenvalue weighted by Gasteiger charge is -2.54. The van der Waals surface area contributed by atoms with Crippen LogP contribution in [0, 0.1) is 18.6 Å². The minimum atomic E-state index is -0.740. The highest BCUT2D eigenvalue weighted by Crippen LogP contribution is 2.44. The summed E-state index contributed by atoms with van der Waals surface area (Å²) in [6, 6.07) is 0.354. The Bertz CT molecular complexity index is 1210. The van der Waals surface area contributed by atoms with E-state index in [1.54, 1.807) is 0 Å². The fraction of sp³-hybridized carbons (Fsp3) is 0.600. The Hall–Kier alpha value is -2.72. The van der Waals surface area contributed by atoms with Crippen molar-refractivity contribution in [1.82, 2.24) is 14.4 Å². The van der Waals surface area contributed by atoms with Crippen LogP contribution in [0.1, 0.15) is 18.9 Å². The molecule has 3 atom stereocenters. The number of carbonyl (C=O) groups excluding carboxylic acids is 1. The molecule has 0 spiro atoms. The van der Waals surface area contributed by atoms with Crippen molar-refractivity contribution in [2.45, 2.75) is 38.4 Å². The number of halogens is 2. The first kappa shape index (κ1) is 25.4. The number of anilines is 2. The Balaban J connectivity index is 2.06. The summed E-state index contributed by atoms with van der Waals surface area (Å²) in [6.45, 7) is 5.65. The molecule has 1 aromatic heterocycles. The molecule has 3 heterocycles. The molecule has 192 valence electrons. The van der Waals surface area contributed by atoms with E-state index in [1.165, 1.54) is 31.7 Å².